The number of pyridine rings is 2. The summed E-state index contributed by atoms with van der Waals surface area (Å²) in [5.74, 6) is -3.71. The molecule has 7 nitrogen and oxygen atoms in total. The zero-order valence-electron chi connectivity index (χ0n) is 22.5. The number of nitrogens with two attached hydrogens (primary N) is 1. The van der Waals surface area contributed by atoms with Crippen molar-refractivity contribution in [3.63, 3.8) is 0 Å². The maximum atomic E-state index is 15.2. The SMILES string of the molecule is C[C@H]1C[C@@H](c2ccncc2NC(=O)c2ccc(F)c(-c3c(F)cc(C4CCOCC4)cc3F)n2)C[C@@H](N)[C@]1(C)O. The minimum Gasteiger partial charge on any atom is -0.388 e. The Kier molecular flexibility index (Phi) is 7.94. The van der Waals surface area contributed by atoms with E-state index in [1.807, 2.05) is 6.92 Å². The lowest BCUT2D eigenvalue weighted by molar-refractivity contribution is -0.0463. The van der Waals surface area contributed by atoms with Crippen molar-refractivity contribution in [2.45, 2.75) is 63.0 Å². The van der Waals surface area contributed by atoms with E-state index in [9.17, 15) is 14.3 Å². The van der Waals surface area contributed by atoms with Crippen molar-refractivity contribution >= 4 is 11.6 Å². The maximum Gasteiger partial charge on any atom is 0.274 e. The molecule has 2 fully saturated rings. The molecule has 10 heteroatoms. The summed E-state index contributed by atoms with van der Waals surface area (Å²) in [6.07, 6.45) is 5.54. The first kappa shape index (κ1) is 28.2. The van der Waals surface area contributed by atoms with Crippen LogP contribution in [0.4, 0.5) is 18.9 Å². The first-order chi connectivity index (χ1) is 19.1. The quantitative estimate of drug-likeness (QED) is 0.395. The summed E-state index contributed by atoms with van der Waals surface area (Å²) in [4.78, 5) is 21.4. The average molecular weight is 555 g/mol. The molecule has 1 aromatic carbocycles. The molecular weight excluding hydrogens is 521 g/mol. The summed E-state index contributed by atoms with van der Waals surface area (Å²) in [6.45, 7) is 4.68. The molecule has 3 heterocycles. The summed E-state index contributed by atoms with van der Waals surface area (Å²) < 4.78 is 50.5. The van der Waals surface area contributed by atoms with Crippen LogP contribution in [0, 0.1) is 23.4 Å². The number of aliphatic hydroxyl groups is 1. The fourth-order valence-corrected chi connectivity index (χ4v) is 5.81. The molecule has 0 radical (unpaired) electrons. The third-order valence-electron chi connectivity index (χ3n) is 8.54. The Labute approximate surface area is 231 Å². The third-order valence-corrected chi connectivity index (χ3v) is 8.54. The van der Waals surface area contributed by atoms with Crippen LogP contribution >= 0.6 is 0 Å². The Balaban J connectivity index is 1.41. The number of hydrogen-bond acceptors (Lipinski definition) is 6. The third kappa shape index (κ3) is 5.48. The van der Waals surface area contributed by atoms with E-state index in [0.717, 1.165) is 17.7 Å². The molecule has 1 amide bonds. The summed E-state index contributed by atoms with van der Waals surface area (Å²) in [5.41, 5.74) is 5.55. The maximum absolute atomic E-state index is 15.2. The van der Waals surface area contributed by atoms with Gasteiger partial charge in [-0.1, -0.05) is 6.92 Å². The predicted octanol–water partition coefficient (Wildman–Crippen LogP) is 5.30. The number of nitrogens with one attached hydrogen (secondary N) is 1. The van der Waals surface area contributed by atoms with Gasteiger partial charge < -0.3 is 20.9 Å². The molecule has 1 aliphatic heterocycles. The number of halogens is 3. The first-order valence-electron chi connectivity index (χ1n) is 13.5. The zero-order valence-corrected chi connectivity index (χ0v) is 22.5. The molecule has 0 spiro atoms. The Morgan fingerprint density at radius 3 is 2.45 bits per heavy atom. The van der Waals surface area contributed by atoms with E-state index in [1.165, 1.54) is 18.3 Å². The first-order valence-corrected chi connectivity index (χ1v) is 13.5. The predicted molar refractivity (Wildman–Crippen MR) is 144 cm³/mol. The number of nitrogens with zero attached hydrogens (tertiary/aromatic N) is 2. The molecular formula is C30H33F3N4O3. The Morgan fingerprint density at radius 1 is 1.07 bits per heavy atom. The highest BCUT2D eigenvalue weighted by atomic mass is 19.1. The fourth-order valence-electron chi connectivity index (χ4n) is 5.81. The van der Waals surface area contributed by atoms with Gasteiger partial charge in [0.1, 0.15) is 28.8 Å². The largest absolute Gasteiger partial charge is 0.388 e. The summed E-state index contributed by atoms with van der Waals surface area (Å²) >= 11 is 0. The second-order valence-corrected chi connectivity index (χ2v) is 11.1. The van der Waals surface area contributed by atoms with Gasteiger partial charge in [0, 0.05) is 25.5 Å². The lowest BCUT2D eigenvalue weighted by Gasteiger charge is -2.44. The number of ether oxygens (including phenoxy) is 1. The van der Waals surface area contributed by atoms with E-state index in [0.29, 0.717) is 50.1 Å². The average Bonchev–Trinajstić information content (AvgIpc) is 2.93. The molecule has 1 aliphatic carbocycles. The Morgan fingerprint density at radius 2 is 1.77 bits per heavy atom. The van der Waals surface area contributed by atoms with Gasteiger partial charge in [-0.15, -0.1) is 0 Å². The van der Waals surface area contributed by atoms with Crippen molar-refractivity contribution in [3.05, 3.63) is 77.0 Å². The molecule has 0 bridgehead atoms. The van der Waals surface area contributed by atoms with Crippen LogP contribution in [0.3, 0.4) is 0 Å². The second-order valence-electron chi connectivity index (χ2n) is 11.1. The van der Waals surface area contributed by atoms with E-state index in [-0.39, 0.29) is 23.4 Å². The number of carbonyl (C=O) groups excluding carboxylic acids is 1. The normalized spacial score (nSPS) is 25.5. The number of hydrogen-bond donors (Lipinski definition) is 3. The molecule has 40 heavy (non-hydrogen) atoms. The molecule has 1 saturated heterocycles. The summed E-state index contributed by atoms with van der Waals surface area (Å²) in [7, 11) is 0. The Hall–Kier alpha value is -3.34. The van der Waals surface area contributed by atoms with E-state index >= 15 is 8.78 Å². The van der Waals surface area contributed by atoms with Gasteiger partial charge >= 0.3 is 0 Å². The lowest BCUT2D eigenvalue weighted by Crippen LogP contribution is -2.54. The van der Waals surface area contributed by atoms with E-state index in [1.54, 1.807) is 19.2 Å². The highest BCUT2D eigenvalue weighted by molar-refractivity contribution is 6.03. The second kappa shape index (κ2) is 11.3. The van der Waals surface area contributed by atoms with E-state index in [4.69, 9.17) is 10.5 Å². The van der Waals surface area contributed by atoms with Gasteiger partial charge in [0.15, 0.2) is 0 Å². The van der Waals surface area contributed by atoms with Gasteiger partial charge in [-0.3, -0.25) is 9.78 Å². The van der Waals surface area contributed by atoms with Crippen molar-refractivity contribution in [1.29, 1.82) is 0 Å². The molecule has 3 aromatic rings. The summed E-state index contributed by atoms with van der Waals surface area (Å²) in [5, 5.41) is 13.5. The molecule has 4 N–H and O–H groups in total. The van der Waals surface area contributed by atoms with Gasteiger partial charge in [0.05, 0.1) is 23.0 Å². The van der Waals surface area contributed by atoms with Gasteiger partial charge in [-0.05, 0) is 91.8 Å². The van der Waals surface area contributed by atoms with Crippen molar-refractivity contribution in [2.75, 3.05) is 18.5 Å². The van der Waals surface area contributed by atoms with Crippen molar-refractivity contribution in [2.24, 2.45) is 11.7 Å². The van der Waals surface area contributed by atoms with Crippen LogP contribution in [0.5, 0.6) is 0 Å². The van der Waals surface area contributed by atoms with Crippen molar-refractivity contribution in [3.8, 4) is 11.3 Å². The molecule has 2 aromatic heterocycles. The fraction of sp³-hybridized carbons (Fsp3) is 0.433. The van der Waals surface area contributed by atoms with Gasteiger partial charge in [-0.25, -0.2) is 18.2 Å². The van der Waals surface area contributed by atoms with Crippen LogP contribution in [0.1, 0.15) is 73.0 Å². The monoisotopic (exact) mass is 554 g/mol. The van der Waals surface area contributed by atoms with Crippen LogP contribution in [-0.4, -0.2) is 45.8 Å². The molecule has 1 saturated carbocycles. The number of carbonyl (C=O) groups is 1. The topological polar surface area (TPSA) is 110 Å². The number of rotatable bonds is 5. The number of aromatic nitrogens is 2. The Bertz CT molecular complexity index is 1370. The van der Waals surface area contributed by atoms with E-state index < -0.39 is 46.3 Å². The van der Waals surface area contributed by atoms with Crippen LogP contribution in [0.2, 0.25) is 0 Å². The van der Waals surface area contributed by atoms with Gasteiger partial charge in [0.25, 0.3) is 5.91 Å². The number of anilines is 1. The number of amides is 1. The van der Waals surface area contributed by atoms with Crippen LogP contribution < -0.4 is 11.1 Å². The van der Waals surface area contributed by atoms with Crippen molar-refractivity contribution < 1.29 is 27.8 Å². The van der Waals surface area contributed by atoms with Crippen LogP contribution in [0.15, 0.2) is 42.7 Å². The molecule has 0 unspecified atom stereocenters. The standard InChI is InChI=1S/C30H33F3N4O3/c1-16-11-19(14-26(34)30(16,2)39)20-5-8-35-15-25(20)37-29(38)24-4-3-21(31)28(36-24)27-22(32)12-18(13-23(27)33)17-6-9-40-10-7-17/h3-5,8,12-13,15-17,19,26,39H,6-7,9-11,14,34H2,1-2H3,(H,37,38)/t16-,19+,26+,30+/m0/s1. The zero-order chi connectivity index (χ0) is 28.6. The van der Waals surface area contributed by atoms with Gasteiger partial charge in [-0.2, -0.15) is 0 Å². The van der Waals surface area contributed by atoms with Crippen LogP contribution in [-0.2, 0) is 4.74 Å². The van der Waals surface area contributed by atoms with Crippen LogP contribution in [0.25, 0.3) is 11.3 Å². The molecule has 2 aliphatic rings. The summed E-state index contributed by atoms with van der Waals surface area (Å²) in [6, 6.07) is 5.87. The lowest BCUT2D eigenvalue weighted by atomic mass is 9.68. The molecule has 4 atom stereocenters. The highest BCUT2D eigenvalue weighted by Gasteiger charge is 2.42. The minimum atomic E-state index is -1.01. The van der Waals surface area contributed by atoms with E-state index in [2.05, 4.69) is 15.3 Å². The minimum absolute atomic E-state index is 0.0438. The number of benzene rings is 1. The van der Waals surface area contributed by atoms with Gasteiger partial charge in [0.2, 0.25) is 0 Å². The smallest absolute Gasteiger partial charge is 0.274 e. The molecule has 212 valence electrons. The molecule has 5 rings (SSSR count). The highest BCUT2D eigenvalue weighted by Crippen LogP contribution is 2.43. The van der Waals surface area contributed by atoms with Crippen molar-refractivity contribution in [1.82, 2.24) is 9.97 Å².